The van der Waals surface area contributed by atoms with E-state index in [1.165, 1.54) is 5.56 Å². The Morgan fingerprint density at radius 1 is 0.708 bits per heavy atom. The van der Waals surface area contributed by atoms with Crippen LogP contribution in [0.4, 0.5) is 0 Å². The van der Waals surface area contributed by atoms with Gasteiger partial charge in [-0.25, -0.2) is 0 Å². The minimum atomic E-state index is -0.353. The summed E-state index contributed by atoms with van der Waals surface area (Å²) in [4.78, 5) is 12.3. The second-order valence-corrected chi connectivity index (χ2v) is 6.00. The van der Waals surface area contributed by atoms with Gasteiger partial charge in [0, 0.05) is 5.92 Å². The number of hydrogen-bond acceptors (Lipinski definition) is 1. The van der Waals surface area contributed by atoms with E-state index in [0.29, 0.717) is 0 Å². The largest absolute Gasteiger partial charge is 0.369 e. The SMILES string of the molecule is NC(=O)[C@@H](c1ccccc1)[C@@H](Cc1ccccc1)c1ccccc1. The molecular formula is C22H21NO. The third-order valence-corrected chi connectivity index (χ3v) is 4.39. The molecule has 2 nitrogen and oxygen atoms in total. The summed E-state index contributed by atoms with van der Waals surface area (Å²) in [5, 5.41) is 0. The Hall–Kier alpha value is -2.87. The molecule has 3 aromatic carbocycles. The van der Waals surface area contributed by atoms with Crippen molar-refractivity contribution in [2.75, 3.05) is 0 Å². The summed E-state index contributed by atoms with van der Waals surface area (Å²) in [7, 11) is 0. The lowest BCUT2D eigenvalue weighted by Crippen LogP contribution is -2.28. The molecule has 0 aromatic heterocycles. The number of amides is 1. The van der Waals surface area contributed by atoms with Crippen molar-refractivity contribution in [1.82, 2.24) is 0 Å². The van der Waals surface area contributed by atoms with Crippen LogP contribution in [0.25, 0.3) is 0 Å². The summed E-state index contributed by atoms with van der Waals surface area (Å²) in [6, 6.07) is 30.2. The van der Waals surface area contributed by atoms with Gasteiger partial charge in [-0.2, -0.15) is 0 Å². The number of carbonyl (C=O) groups is 1. The van der Waals surface area contributed by atoms with Crippen molar-refractivity contribution < 1.29 is 4.79 Å². The quantitative estimate of drug-likeness (QED) is 0.725. The average molecular weight is 315 g/mol. The van der Waals surface area contributed by atoms with Crippen LogP contribution in [0, 0.1) is 0 Å². The molecule has 2 atom stereocenters. The van der Waals surface area contributed by atoms with Crippen molar-refractivity contribution >= 4 is 5.91 Å². The monoisotopic (exact) mass is 315 g/mol. The Morgan fingerprint density at radius 3 is 1.67 bits per heavy atom. The fourth-order valence-corrected chi connectivity index (χ4v) is 3.25. The van der Waals surface area contributed by atoms with Crippen LogP contribution in [0.1, 0.15) is 28.5 Å². The average Bonchev–Trinajstić information content (AvgIpc) is 2.63. The maximum absolute atomic E-state index is 12.3. The molecule has 0 heterocycles. The van der Waals surface area contributed by atoms with E-state index < -0.39 is 0 Å². The molecule has 3 aromatic rings. The van der Waals surface area contributed by atoms with E-state index >= 15 is 0 Å². The minimum Gasteiger partial charge on any atom is -0.369 e. The molecule has 0 radical (unpaired) electrons. The highest BCUT2D eigenvalue weighted by Gasteiger charge is 2.29. The Morgan fingerprint density at radius 2 is 1.17 bits per heavy atom. The zero-order valence-corrected chi connectivity index (χ0v) is 13.5. The Kier molecular flexibility index (Phi) is 5.07. The number of nitrogens with two attached hydrogens (primary N) is 1. The smallest absolute Gasteiger partial charge is 0.225 e. The summed E-state index contributed by atoms with van der Waals surface area (Å²) >= 11 is 0. The van der Waals surface area contributed by atoms with Gasteiger partial charge in [-0.3, -0.25) is 4.79 Å². The summed E-state index contributed by atoms with van der Waals surface area (Å²) in [6.45, 7) is 0. The summed E-state index contributed by atoms with van der Waals surface area (Å²) in [5.41, 5.74) is 9.12. The molecule has 2 N–H and O–H groups in total. The number of benzene rings is 3. The second kappa shape index (κ2) is 7.60. The molecule has 24 heavy (non-hydrogen) atoms. The van der Waals surface area contributed by atoms with Crippen LogP contribution >= 0.6 is 0 Å². The first kappa shape index (κ1) is 16.0. The first-order valence-corrected chi connectivity index (χ1v) is 8.19. The minimum absolute atomic E-state index is 0.00787. The van der Waals surface area contributed by atoms with E-state index in [1.807, 2.05) is 66.7 Å². The summed E-state index contributed by atoms with van der Waals surface area (Å²) in [6.07, 6.45) is 0.771. The molecule has 120 valence electrons. The molecule has 0 saturated carbocycles. The molecule has 0 spiro atoms. The second-order valence-electron chi connectivity index (χ2n) is 6.00. The standard InChI is InChI=1S/C22H21NO/c23-22(24)21(19-14-8-3-9-15-19)20(18-12-6-2-7-13-18)16-17-10-4-1-5-11-17/h1-15,20-21H,16H2,(H2,23,24)/t20-,21-/m0/s1. The maximum Gasteiger partial charge on any atom is 0.225 e. The van der Waals surface area contributed by atoms with Crippen molar-refractivity contribution in [2.24, 2.45) is 5.73 Å². The highest BCUT2D eigenvalue weighted by molar-refractivity contribution is 5.83. The van der Waals surface area contributed by atoms with Crippen LogP contribution < -0.4 is 5.73 Å². The van der Waals surface area contributed by atoms with Crippen molar-refractivity contribution in [3.8, 4) is 0 Å². The van der Waals surface area contributed by atoms with Gasteiger partial charge in [0.25, 0.3) is 0 Å². The van der Waals surface area contributed by atoms with Crippen molar-refractivity contribution in [3.63, 3.8) is 0 Å². The van der Waals surface area contributed by atoms with Gasteiger partial charge < -0.3 is 5.73 Å². The van der Waals surface area contributed by atoms with E-state index in [1.54, 1.807) is 0 Å². The lowest BCUT2D eigenvalue weighted by molar-refractivity contribution is -0.120. The fraction of sp³-hybridized carbons (Fsp3) is 0.136. The molecule has 2 heteroatoms. The van der Waals surface area contributed by atoms with Gasteiger partial charge >= 0.3 is 0 Å². The topological polar surface area (TPSA) is 43.1 Å². The van der Waals surface area contributed by atoms with Gasteiger partial charge in [-0.05, 0) is 23.1 Å². The van der Waals surface area contributed by atoms with E-state index in [4.69, 9.17) is 5.73 Å². The number of primary amides is 1. The Balaban J connectivity index is 2.03. The van der Waals surface area contributed by atoms with E-state index in [0.717, 1.165) is 17.5 Å². The molecular weight excluding hydrogens is 294 g/mol. The molecule has 0 aliphatic carbocycles. The summed E-state index contributed by atoms with van der Waals surface area (Å²) in [5.74, 6) is -0.631. The molecule has 1 amide bonds. The van der Waals surface area contributed by atoms with Crippen LogP contribution in [-0.4, -0.2) is 5.91 Å². The third-order valence-electron chi connectivity index (χ3n) is 4.39. The summed E-state index contributed by atoms with van der Waals surface area (Å²) < 4.78 is 0. The zero-order chi connectivity index (χ0) is 16.8. The van der Waals surface area contributed by atoms with Gasteiger partial charge in [-0.1, -0.05) is 91.0 Å². The number of carbonyl (C=O) groups excluding carboxylic acids is 1. The highest BCUT2D eigenvalue weighted by Crippen LogP contribution is 2.35. The van der Waals surface area contributed by atoms with Crippen molar-refractivity contribution in [2.45, 2.75) is 18.3 Å². The van der Waals surface area contributed by atoms with Crippen molar-refractivity contribution in [3.05, 3.63) is 108 Å². The van der Waals surface area contributed by atoms with Crippen LogP contribution in [0.5, 0.6) is 0 Å². The van der Waals surface area contributed by atoms with Gasteiger partial charge in [0.15, 0.2) is 0 Å². The number of hydrogen-bond donors (Lipinski definition) is 1. The van der Waals surface area contributed by atoms with Crippen LogP contribution in [0.2, 0.25) is 0 Å². The third kappa shape index (κ3) is 3.72. The van der Waals surface area contributed by atoms with Crippen LogP contribution in [-0.2, 0) is 11.2 Å². The van der Waals surface area contributed by atoms with Gasteiger partial charge in [0.1, 0.15) is 0 Å². The normalized spacial score (nSPS) is 13.2. The van der Waals surface area contributed by atoms with Gasteiger partial charge in [0.05, 0.1) is 5.92 Å². The molecule has 3 rings (SSSR count). The lowest BCUT2D eigenvalue weighted by atomic mass is 9.77. The van der Waals surface area contributed by atoms with E-state index in [-0.39, 0.29) is 17.7 Å². The zero-order valence-electron chi connectivity index (χ0n) is 13.5. The molecule has 0 aliphatic heterocycles. The first-order chi connectivity index (χ1) is 11.8. The van der Waals surface area contributed by atoms with E-state index in [2.05, 4.69) is 24.3 Å². The molecule has 0 saturated heterocycles. The van der Waals surface area contributed by atoms with Crippen molar-refractivity contribution in [1.29, 1.82) is 0 Å². The molecule has 0 bridgehead atoms. The fourth-order valence-electron chi connectivity index (χ4n) is 3.25. The van der Waals surface area contributed by atoms with E-state index in [9.17, 15) is 4.79 Å². The van der Waals surface area contributed by atoms with Crippen LogP contribution in [0.3, 0.4) is 0 Å². The first-order valence-electron chi connectivity index (χ1n) is 8.19. The predicted molar refractivity (Wildman–Crippen MR) is 97.7 cm³/mol. The lowest BCUT2D eigenvalue weighted by Gasteiger charge is -2.26. The maximum atomic E-state index is 12.3. The Bertz CT molecular complexity index is 769. The van der Waals surface area contributed by atoms with Gasteiger partial charge in [-0.15, -0.1) is 0 Å². The number of rotatable bonds is 6. The molecule has 0 aliphatic rings. The molecule has 0 unspecified atom stereocenters. The highest BCUT2D eigenvalue weighted by atomic mass is 16.1. The van der Waals surface area contributed by atoms with Crippen LogP contribution in [0.15, 0.2) is 91.0 Å². The Labute approximate surface area is 143 Å². The van der Waals surface area contributed by atoms with Gasteiger partial charge in [0.2, 0.25) is 5.91 Å². The molecule has 0 fully saturated rings. The predicted octanol–water partition coefficient (Wildman–Crippen LogP) is 4.28.